The Morgan fingerprint density at radius 2 is 1.71 bits per heavy atom. The summed E-state index contributed by atoms with van der Waals surface area (Å²) in [4.78, 5) is 13.0. The first-order valence-electron chi connectivity index (χ1n) is 8.96. The van der Waals surface area contributed by atoms with Gasteiger partial charge < -0.3 is 9.80 Å². The van der Waals surface area contributed by atoms with E-state index >= 15 is 0 Å². The lowest BCUT2D eigenvalue weighted by Gasteiger charge is -2.33. The average molecular weight is 324 g/mol. The normalized spacial score (nSPS) is 21.2. The third kappa shape index (κ3) is 3.47. The molecule has 0 N–H and O–H groups in total. The van der Waals surface area contributed by atoms with Gasteiger partial charge in [0.15, 0.2) is 5.82 Å². The van der Waals surface area contributed by atoms with Gasteiger partial charge in [-0.25, -0.2) is 9.97 Å². The minimum Gasteiger partial charge on any atom is -0.369 e. The second-order valence-electron chi connectivity index (χ2n) is 6.83. The van der Waals surface area contributed by atoms with Gasteiger partial charge >= 0.3 is 0 Å². The summed E-state index contributed by atoms with van der Waals surface area (Å²) < 4.78 is 0. The molecular formula is C18H24N6. The summed E-state index contributed by atoms with van der Waals surface area (Å²) in [5.74, 6) is 1.65. The van der Waals surface area contributed by atoms with Crippen LogP contribution in [0.15, 0.2) is 30.9 Å². The monoisotopic (exact) mass is 324 g/mol. The van der Waals surface area contributed by atoms with E-state index in [0.29, 0.717) is 5.92 Å². The molecule has 0 spiro atoms. The van der Waals surface area contributed by atoms with E-state index < -0.39 is 0 Å². The Hall–Kier alpha value is -2.24. The molecule has 0 aromatic carbocycles. The summed E-state index contributed by atoms with van der Waals surface area (Å²) in [6.45, 7) is 4.36. The zero-order chi connectivity index (χ0) is 16.2. The lowest BCUT2D eigenvalue weighted by Crippen LogP contribution is -2.36. The highest BCUT2D eigenvalue weighted by Gasteiger charge is 2.21. The van der Waals surface area contributed by atoms with Crippen molar-refractivity contribution in [3.8, 4) is 0 Å². The van der Waals surface area contributed by atoms with E-state index in [1.54, 1.807) is 6.33 Å². The van der Waals surface area contributed by atoms with E-state index in [0.717, 1.165) is 49.8 Å². The maximum Gasteiger partial charge on any atom is 0.151 e. The second-order valence-corrected chi connectivity index (χ2v) is 6.83. The third-order valence-corrected chi connectivity index (χ3v) is 5.06. The summed E-state index contributed by atoms with van der Waals surface area (Å²) in [7, 11) is 0. The van der Waals surface area contributed by atoms with Gasteiger partial charge in [-0.3, -0.25) is 0 Å². The van der Waals surface area contributed by atoms with Gasteiger partial charge in [0.05, 0.1) is 23.8 Å². The summed E-state index contributed by atoms with van der Waals surface area (Å²) in [6, 6.07) is 4.30. The largest absolute Gasteiger partial charge is 0.369 e. The van der Waals surface area contributed by atoms with Gasteiger partial charge in [0.25, 0.3) is 0 Å². The molecule has 2 fully saturated rings. The Morgan fingerprint density at radius 3 is 2.46 bits per heavy atom. The number of hydrogen-bond acceptors (Lipinski definition) is 6. The maximum atomic E-state index is 4.48. The summed E-state index contributed by atoms with van der Waals surface area (Å²) in [6.07, 6.45) is 11.4. The smallest absolute Gasteiger partial charge is 0.151 e. The molecule has 0 bridgehead atoms. The molecule has 6 nitrogen and oxygen atoms in total. The molecule has 2 aromatic heterocycles. The van der Waals surface area contributed by atoms with Crippen LogP contribution in [0.2, 0.25) is 0 Å². The third-order valence-electron chi connectivity index (χ3n) is 5.06. The number of hydrogen-bond donors (Lipinski definition) is 0. The first-order valence-corrected chi connectivity index (χ1v) is 8.96. The number of rotatable bonds is 4. The van der Waals surface area contributed by atoms with Gasteiger partial charge in [-0.15, -0.1) is 5.10 Å². The van der Waals surface area contributed by atoms with Gasteiger partial charge in [0.2, 0.25) is 0 Å². The molecule has 0 aliphatic carbocycles. The highest BCUT2D eigenvalue weighted by Crippen LogP contribution is 2.24. The Bertz CT molecular complexity index is 638. The predicted molar refractivity (Wildman–Crippen MR) is 94.2 cm³/mol. The van der Waals surface area contributed by atoms with Gasteiger partial charge in [-0.2, -0.15) is 5.10 Å². The topological polar surface area (TPSA) is 58.0 Å². The number of piperidine rings is 1. The van der Waals surface area contributed by atoms with Crippen LogP contribution in [0.3, 0.4) is 0 Å². The fourth-order valence-electron chi connectivity index (χ4n) is 3.79. The molecule has 0 saturated carbocycles. The molecule has 4 rings (SSSR count). The van der Waals surface area contributed by atoms with Gasteiger partial charge in [0.1, 0.15) is 6.33 Å². The highest BCUT2D eigenvalue weighted by molar-refractivity contribution is 5.42. The van der Waals surface area contributed by atoms with Crippen molar-refractivity contribution in [2.75, 3.05) is 36.0 Å². The van der Waals surface area contributed by atoms with Crippen LogP contribution < -0.4 is 9.80 Å². The van der Waals surface area contributed by atoms with Crippen molar-refractivity contribution < 1.29 is 0 Å². The fraction of sp³-hybridized carbons (Fsp3) is 0.556. The molecule has 0 radical (unpaired) electrons. The molecule has 6 heteroatoms. The van der Waals surface area contributed by atoms with E-state index in [1.807, 2.05) is 12.4 Å². The lowest BCUT2D eigenvalue weighted by atomic mass is 9.93. The summed E-state index contributed by atoms with van der Waals surface area (Å²) in [5, 5.41) is 8.93. The molecule has 1 unspecified atom stereocenters. The van der Waals surface area contributed by atoms with Crippen LogP contribution >= 0.6 is 0 Å². The van der Waals surface area contributed by atoms with E-state index in [-0.39, 0.29) is 0 Å². The highest BCUT2D eigenvalue weighted by atomic mass is 15.3. The Morgan fingerprint density at radius 1 is 0.917 bits per heavy atom. The van der Waals surface area contributed by atoms with Crippen molar-refractivity contribution in [1.82, 2.24) is 20.2 Å². The SMILES string of the molecule is c1ncc(N2CCCC(Cc3ccc(N4CCCC4)nn3)C2)cn1. The number of anilines is 2. The molecule has 2 saturated heterocycles. The van der Waals surface area contributed by atoms with Crippen molar-refractivity contribution in [2.24, 2.45) is 5.92 Å². The molecule has 0 amide bonds. The second kappa shape index (κ2) is 7.11. The lowest BCUT2D eigenvalue weighted by molar-refractivity contribution is 0.408. The Balaban J connectivity index is 1.37. The van der Waals surface area contributed by atoms with Crippen LogP contribution in [0.4, 0.5) is 11.5 Å². The first-order chi connectivity index (χ1) is 11.9. The van der Waals surface area contributed by atoms with Crippen molar-refractivity contribution >= 4 is 11.5 Å². The van der Waals surface area contributed by atoms with Gasteiger partial charge in [-0.1, -0.05) is 0 Å². The molecule has 126 valence electrons. The van der Waals surface area contributed by atoms with Crippen LogP contribution in [-0.4, -0.2) is 46.3 Å². The summed E-state index contributed by atoms with van der Waals surface area (Å²) >= 11 is 0. The maximum absolute atomic E-state index is 4.48. The van der Waals surface area contributed by atoms with Gasteiger partial charge in [0, 0.05) is 26.2 Å². The minimum atomic E-state index is 0.617. The van der Waals surface area contributed by atoms with E-state index in [2.05, 4.69) is 42.1 Å². The van der Waals surface area contributed by atoms with Crippen molar-refractivity contribution in [2.45, 2.75) is 32.1 Å². The minimum absolute atomic E-state index is 0.617. The van der Waals surface area contributed by atoms with Gasteiger partial charge in [-0.05, 0) is 50.2 Å². The molecule has 4 heterocycles. The quantitative estimate of drug-likeness (QED) is 0.860. The standard InChI is InChI=1S/C18H24N6/c1-2-8-23(7-1)18-6-5-16(21-22-18)10-15-4-3-9-24(13-15)17-11-19-14-20-12-17/h5-6,11-12,14-15H,1-4,7-10,13H2. The zero-order valence-electron chi connectivity index (χ0n) is 14.0. The van der Waals surface area contributed by atoms with E-state index in [4.69, 9.17) is 0 Å². The van der Waals surface area contributed by atoms with Crippen LogP contribution in [-0.2, 0) is 6.42 Å². The van der Waals surface area contributed by atoms with Crippen LogP contribution in [0.1, 0.15) is 31.4 Å². The van der Waals surface area contributed by atoms with Crippen LogP contribution in [0.5, 0.6) is 0 Å². The van der Waals surface area contributed by atoms with Crippen molar-refractivity contribution in [1.29, 1.82) is 0 Å². The first kappa shape index (κ1) is 15.3. The molecule has 2 aliphatic rings. The molecular weight excluding hydrogens is 300 g/mol. The number of aromatic nitrogens is 4. The number of nitrogens with zero attached hydrogens (tertiary/aromatic N) is 6. The average Bonchev–Trinajstić information content (AvgIpc) is 3.18. The van der Waals surface area contributed by atoms with E-state index in [1.165, 1.54) is 25.7 Å². The van der Waals surface area contributed by atoms with Crippen molar-refractivity contribution in [3.63, 3.8) is 0 Å². The Labute approximate surface area is 142 Å². The molecule has 2 aliphatic heterocycles. The zero-order valence-corrected chi connectivity index (χ0v) is 14.0. The fourth-order valence-corrected chi connectivity index (χ4v) is 3.79. The van der Waals surface area contributed by atoms with Crippen LogP contribution in [0, 0.1) is 5.92 Å². The van der Waals surface area contributed by atoms with E-state index in [9.17, 15) is 0 Å². The molecule has 24 heavy (non-hydrogen) atoms. The summed E-state index contributed by atoms with van der Waals surface area (Å²) in [5.41, 5.74) is 2.23. The van der Waals surface area contributed by atoms with Crippen molar-refractivity contribution in [3.05, 3.63) is 36.5 Å². The molecule has 2 aromatic rings. The van der Waals surface area contributed by atoms with Crippen LogP contribution in [0.25, 0.3) is 0 Å². The predicted octanol–water partition coefficient (Wildman–Crippen LogP) is 2.33. The molecule has 1 atom stereocenters. The Kier molecular flexibility index (Phi) is 4.53.